The van der Waals surface area contributed by atoms with Gasteiger partial charge in [-0.3, -0.25) is 5.32 Å². The molecule has 0 bridgehead atoms. The summed E-state index contributed by atoms with van der Waals surface area (Å²) in [5.41, 5.74) is 3.27. The summed E-state index contributed by atoms with van der Waals surface area (Å²) in [5.74, 6) is -3.18. The van der Waals surface area contributed by atoms with E-state index in [4.69, 9.17) is 2.74 Å². The van der Waals surface area contributed by atoms with Crippen molar-refractivity contribution in [2.24, 2.45) is 5.92 Å². The average molecular weight is 432 g/mol. The fourth-order valence-electron chi connectivity index (χ4n) is 5.37. The molecule has 2 N–H and O–H groups in total. The molecule has 1 aromatic heterocycles. The summed E-state index contributed by atoms with van der Waals surface area (Å²) in [7, 11) is 0. The Kier molecular flexibility index (Phi) is 5.11. The van der Waals surface area contributed by atoms with Gasteiger partial charge in [-0.15, -0.1) is 0 Å². The molecule has 1 aromatic carbocycles. The van der Waals surface area contributed by atoms with E-state index < -0.39 is 25.0 Å². The molecule has 0 aliphatic carbocycles. The first-order valence-electron chi connectivity index (χ1n) is 12.5. The van der Waals surface area contributed by atoms with Crippen molar-refractivity contribution in [2.75, 3.05) is 50.8 Å². The van der Waals surface area contributed by atoms with Crippen LogP contribution in [0.2, 0.25) is 0 Å². The number of rotatable bonds is 4. The SMILES string of the molecule is [2H]C1C=CN(c2cccc3c2cc(C)n3C2CCN(CC3CCNCC3(F)F)CC2)[C@@H]([2H])N1. The van der Waals surface area contributed by atoms with Crippen LogP contribution in [0.4, 0.5) is 14.5 Å². The summed E-state index contributed by atoms with van der Waals surface area (Å²) in [6.07, 6.45) is 5.99. The fraction of sp³-hybridized carbons (Fsp3) is 0.583. The smallest absolute Gasteiger partial charge is 0.264 e. The van der Waals surface area contributed by atoms with Crippen LogP contribution < -0.4 is 15.5 Å². The van der Waals surface area contributed by atoms with Crippen molar-refractivity contribution in [3.63, 3.8) is 0 Å². The van der Waals surface area contributed by atoms with Gasteiger partial charge >= 0.3 is 0 Å². The third kappa shape index (κ3) is 4.11. The monoisotopic (exact) mass is 431 g/mol. The number of benzene rings is 1. The number of anilines is 1. The molecule has 3 atom stereocenters. The van der Waals surface area contributed by atoms with E-state index in [0.29, 0.717) is 25.6 Å². The van der Waals surface area contributed by atoms with Crippen LogP contribution in [0.15, 0.2) is 36.5 Å². The molecule has 31 heavy (non-hydrogen) atoms. The predicted molar refractivity (Wildman–Crippen MR) is 122 cm³/mol. The molecule has 7 heteroatoms. The Morgan fingerprint density at radius 2 is 2.03 bits per heavy atom. The van der Waals surface area contributed by atoms with E-state index in [-0.39, 0.29) is 6.54 Å². The second kappa shape index (κ2) is 8.52. The normalized spacial score (nSPS) is 31.1. The zero-order valence-electron chi connectivity index (χ0n) is 20.0. The molecule has 0 spiro atoms. The lowest BCUT2D eigenvalue weighted by Gasteiger charge is -2.39. The zero-order chi connectivity index (χ0) is 23.2. The third-order valence-corrected chi connectivity index (χ3v) is 7.01. The summed E-state index contributed by atoms with van der Waals surface area (Å²) in [4.78, 5) is 4.08. The van der Waals surface area contributed by atoms with Gasteiger partial charge in [-0.1, -0.05) is 12.1 Å². The van der Waals surface area contributed by atoms with E-state index in [1.165, 1.54) is 5.69 Å². The molecule has 168 valence electrons. The highest BCUT2D eigenvalue weighted by Crippen LogP contribution is 2.36. The van der Waals surface area contributed by atoms with E-state index in [1.807, 2.05) is 23.2 Å². The fourth-order valence-corrected chi connectivity index (χ4v) is 5.37. The number of hydrogen-bond donors (Lipinski definition) is 2. The number of aromatic nitrogens is 1. The Bertz CT molecular complexity index is 1020. The molecule has 2 aromatic rings. The van der Waals surface area contributed by atoms with Gasteiger partial charge in [-0.05, 0) is 50.9 Å². The molecule has 0 radical (unpaired) electrons. The minimum absolute atomic E-state index is 0.200. The second-order valence-electron chi connectivity index (χ2n) is 9.03. The van der Waals surface area contributed by atoms with Crippen molar-refractivity contribution >= 4 is 16.6 Å². The standard InChI is InChI=1S/C24H33F2N5/c1-18-14-21-22(30-11-3-9-28-17-30)4-2-5-23(21)31(18)20-7-12-29(13-8-20)15-19-6-10-27-16-24(19,25)26/h2-5,11,14,19-20,27-28H,6-10,12-13,15-17H2,1H3/i9D,17D/t9?,17-,19?/m0/s1. The summed E-state index contributed by atoms with van der Waals surface area (Å²) in [6, 6.07) is 8.68. The third-order valence-electron chi connectivity index (χ3n) is 7.01. The molecular weight excluding hydrogens is 396 g/mol. The number of fused-ring (bicyclic) bond motifs is 1. The van der Waals surface area contributed by atoms with Crippen LogP contribution in [-0.2, 0) is 0 Å². The number of likely N-dealkylation sites (tertiary alicyclic amines) is 1. The number of alkyl halides is 2. The number of nitrogens with one attached hydrogen (secondary N) is 2. The van der Waals surface area contributed by atoms with Gasteiger partial charge in [-0.2, -0.15) is 0 Å². The maximum Gasteiger partial charge on any atom is 0.264 e. The van der Waals surface area contributed by atoms with Crippen molar-refractivity contribution in [2.45, 2.75) is 38.2 Å². The highest BCUT2D eigenvalue weighted by molar-refractivity contribution is 5.94. The van der Waals surface area contributed by atoms with Gasteiger partial charge < -0.3 is 19.7 Å². The minimum Gasteiger partial charge on any atom is -0.342 e. The van der Waals surface area contributed by atoms with E-state index in [0.717, 1.165) is 42.5 Å². The number of nitrogens with zero attached hydrogens (tertiary/aromatic N) is 3. The molecule has 3 aliphatic rings. The van der Waals surface area contributed by atoms with E-state index in [2.05, 4.69) is 39.2 Å². The molecule has 4 heterocycles. The highest BCUT2D eigenvalue weighted by atomic mass is 19.3. The Morgan fingerprint density at radius 3 is 2.81 bits per heavy atom. The number of piperidine rings is 2. The van der Waals surface area contributed by atoms with Crippen molar-refractivity contribution in [1.82, 2.24) is 20.1 Å². The lowest BCUT2D eigenvalue weighted by atomic mass is 9.92. The van der Waals surface area contributed by atoms with Gasteiger partial charge in [0.25, 0.3) is 5.92 Å². The molecule has 2 unspecified atom stereocenters. The van der Waals surface area contributed by atoms with Gasteiger partial charge in [-0.25, -0.2) is 8.78 Å². The van der Waals surface area contributed by atoms with Crippen LogP contribution in [0, 0.1) is 12.8 Å². The first-order valence-corrected chi connectivity index (χ1v) is 11.3. The maximum absolute atomic E-state index is 14.3. The number of halogens is 2. The van der Waals surface area contributed by atoms with Gasteiger partial charge in [0.2, 0.25) is 0 Å². The molecule has 5 nitrogen and oxygen atoms in total. The first kappa shape index (κ1) is 18.6. The molecule has 2 saturated heterocycles. The van der Waals surface area contributed by atoms with Crippen LogP contribution in [-0.4, -0.2) is 61.3 Å². The number of aryl methyl sites for hydroxylation is 1. The van der Waals surface area contributed by atoms with Crippen molar-refractivity contribution in [3.05, 3.63) is 42.2 Å². The van der Waals surface area contributed by atoms with Crippen LogP contribution in [0.1, 0.15) is 33.7 Å². The van der Waals surface area contributed by atoms with Crippen molar-refractivity contribution in [3.8, 4) is 0 Å². The topological polar surface area (TPSA) is 35.5 Å². The second-order valence-corrected chi connectivity index (χ2v) is 9.03. The van der Waals surface area contributed by atoms with Gasteiger partial charge in [0.05, 0.1) is 25.8 Å². The van der Waals surface area contributed by atoms with Crippen LogP contribution in [0.25, 0.3) is 10.9 Å². The Morgan fingerprint density at radius 1 is 1.19 bits per heavy atom. The lowest BCUT2D eigenvalue weighted by Crippen LogP contribution is -2.51. The lowest BCUT2D eigenvalue weighted by molar-refractivity contribution is -0.0846. The van der Waals surface area contributed by atoms with Crippen LogP contribution in [0.3, 0.4) is 0 Å². The van der Waals surface area contributed by atoms with Crippen LogP contribution in [0.5, 0.6) is 0 Å². The Balaban J connectivity index is 1.33. The quantitative estimate of drug-likeness (QED) is 0.774. The zero-order valence-corrected chi connectivity index (χ0v) is 18.0. The van der Waals surface area contributed by atoms with Crippen LogP contribution >= 0.6 is 0 Å². The molecule has 3 aliphatic heterocycles. The maximum atomic E-state index is 14.3. The highest BCUT2D eigenvalue weighted by Gasteiger charge is 2.42. The molecule has 0 saturated carbocycles. The Labute approximate surface area is 185 Å². The number of hydrogen-bond acceptors (Lipinski definition) is 4. The molecule has 2 fully saturated rings. The van der Waals surface area contributed by atoms with E-state index in [1.54, 1.807) is 6.08 Å². The van der Waals surface area contributed by atoms with Gasteiger partial charge in [0.15, 0.2) is 0 Å². The minimum atomic E-state index is -2.62. The predicted octanol–water partition coefficient (Wildman–Crippen LogP) is 3.71. The summed E-state index contributed by atoms with van der Waals surface area (Å²) in [6.45, 7) is 3.48. The molecule has 5 rings (SSSR count). The van der Waals surface area contributed by atoms with Gasteiger partial charge in [0, 0.05) is 56.8 Å². The summed E-state index contributed by atoms with van der Waals surface area (Å²) >= 11 is 0. The first-order chi connectivity index (χ1) is 15.8. The Hall–Kier alpha value is -1.96. The molecular formula is C24H33F2N5. The van der Waals surface area contributed by atoms with E-state index in [9.17, 15) is 8.78 Å². The molecule has 0 amide bonds. The average Bonchev–Trinajstić information content (AvgIpc) is 3.12. The summed E-state index contributed by atoms with van der Waals surface area (Å²) in [5, 5.41) is 6.84. The largest absolute Gasteiger partial charge is 0.342 e. The van der Waals surface area contributed by atoms with Crippen molar-refractivity contribution in [1.29, 1.82) is 0 Å². The van der Waals surface area contributed by atoms with E-state index >= 15 is 0 Å². The van der Waals surface area contributed by atoms with Gasteiger partial charge in [0.1, 0.15) is 0 Å². The van der Waals surface area contributed by atoms with Crippen molar-refractivity contribution < 1.29 is 11.5 Å². The summed E-state index contributed by atoms with van der Waals surface area (Å²) < 4.78 is 47.1.